The van der Waals surface area contributed by atoms with Gasteiger partial charge in [0.25, 0.3) is 6.43 Å². The second-order valence-corrected chi connectivity index (χ2v) is 14.4. The summed E-state index contributed by atoms with van der Waals surface area (Å²) in [6.45, 7) is 7.85. The number of thiazole rings is 1. The molecule has 0 radical (unpaired) electrons. The molecular formula is C30H32F2N8O3S2. The van der Waals surface area contributed by atoms with Gasteiger partial charge in [0.2, 0.25) is 0 Å². The summed E-state index contributed by atoms with van der Waals surface area (Å²) in [4.78, 5) is 23.3. The van der Waals surface area contributed by atoms with E-state index in [0.717, 1.165) is 34.7 Å². The topological polar surface area (TPSA) is 137 Å². The van der Waals surface area contributed by atoms with Gasteiger partial charge in [0.05, 0.1) is 27.0 Å². The number of hydrogen-bond donors (Lipinski definition) is 2. The van der Waals surface area contributed by atoms with Crippen LogP contribution in [0, 0.1) is 27.7 Å². The van der Waals surface area contributed by atoms with Gasteiger partial charge in [-0.05, 0) is 59.1 Å². The molecule has 1 saturated heterocycles. The van der Waals surface area contributed by atoms with Crippen LogP contribution >= 0.6 is 11.3 Å². The predicted molar refractivity (Wildman–Crippen MR) is 170 cm³/mol. The number of nitrogens with one attached hydrogen (secondary N) is 2. The molecule has 2 N–H and O–H groups in total. The van der Waals surface area contributed by atoms with Crippen LogP contribution in [0.15, 0.2) is 35.2 Å². The number of aryl methyl sites for hydroxylation is 4. The van der Waals surface area contributed by atoms with Crippen LogP contribution in [0.3, 0.4) is 0 Å². The van der Waals surface area contributed by atoms with Gasteiger partial charge in [0.15, 0.2) is 21.3 Å². The van der Waals surface area contributed by atoms with Crippen LogP contribution in [0.25, 0.3) is 22.4 Å². The van der Waals surface area contributed by atoms with Crippen molar-refractivity contribution >= 4 is 55.3 Å². The van der Waals surface area contributed by atoms with Gasteiger partial charge in [-0.1, -0.05) is 6.07 Å². The molecule has 0 aliphatic carbocycles. The molecule has 0 amide bonds. The maximum atomic E-state index is 14.5. The Balaban J connectivity index is 1.53. The van der Waals surface area contributed by atoms with E-state index in [4.69, 9.17) is 9.72 Å². The molecule has 1 atom stereocenters. The summed E-state index contributed by atoms with van der Waals surface area (Å²) in [6, 6.07) is 8.33. The van der Waals surface area contributed by atoms with Crippen molar-refractivity contribution in [1.82, 2.24) is 29.5 Å². The van der Waals surface area contributed by atoms with Crippen molar-refractivity contribution in [3.63, 3.8) is 0 Å². The van der Waals surface area contributed by atoms with Gasteiger partial charge in [-0.25, -0.2) is 42.1 Å². The normalized spacial score (nSPS) is 15.6. The zero-order chi connectivity index (χ0) is 32.0. The Labute approximate surface area is 263 Å². The summed E-state index contributed by atoms with van der Waals surface area (Å²) in [5, 5.41) is 7.21. The molecule has 0 bridgehead atoms. The average molecular weight is 655 g/mol. The first-order valence-corrected chi connectivity index (χ1v) is 17.1. The van der Waals surface area contributed by atoms with Crippen LogP contribution in [-0.2, 0) is 14.6 Å². The molecular weight excluding hydrogens is 623 g/mol. The number of pyridine rings is 1. The fraction of sp³-hybridized carbons (Fsp3) is 0.367. The molecule has 1 unspecified atom stereocenters. The molecule has 5 aromatic rings. The number of halogens is 2. The van der Waals surface area contributed by atoms with Gasteiger partial charge < -0.3 is 15.4 Å². The quantitative estimate of drug-likeness (QED) is 0.178. The fourth-order valence-corrected chi connectivity index (χ4v) is 7.24. The standard InChI is InChI=1S/C30H32F2N8O3S2/c1-15-12-23(34-17(3)33-15)37-24-14-21(27-29(38-24)40(30(39-27)28(31)32)25-8-6-7-11-43-25)36-20-10-9-19(13-22(20)45(5,41)42)26-16(2)44-18(4)35-26/h9-10,12-14,25,28H,6-8,11H2,1-5H3,(H2,33,34,36,37,38). The number of rotatable bonds is 8. The molecule has 1 aromatic carbocycles. The summed E-state index contributed by atoms with van der Waals surface area (Å²) in [5.74, 6) is 0.806. The van der Waals surface area contributed by atoms with E-state index in [-0.39, 0.29) is 33.3 Å². The van der Waals surface area contributed by atoms with Gasteiger partial charge in [-0.15, -0.1) is 11.3 Å². The van der Waals surface area contributed by atoms with E-state index >= 15 is 0 Å². The van der Waals surface area contributed by atoms with E-state index in [1.54, 1.807) is 37.3 Å². The van der Waals surface area contributed by atoms with Crippen LogP contribution in [0.5, 0.6) is 0 Å². The third-order valence-electron chi connectivity index (χ3n) is 7.36. The average Bonchev–Trinajstić information content (AvgIpc) is 3.52. The smallest absolute Gasteiger partial charge is 0.295 e. The van der Waals surface area contributed by atoms with Crippen molar-refractivity contribution in [2.24, 2.45) is 0 Å². The minimum absolute atomic E-state index is 0.0238. The van der Waals surface area contributed by atoms with Crippen LogP contribution in [0.1, 0.15) is 59.1 Å². The summed E-state index contributed by atoms with van der Waals surface area (Å²) in [6.07, 6.45) is -0.309. The molecule has 0 spiro atoms. The number of benzene rings is 1. The summed E-state index contributed by atoms with van der Waals surface area (Å²) in [7, 11) is -3.75. The maximum absolute atomic E-state index is 14.5. The molecule has 1 fully saturated rings. The third kappa shape index (κ3) is 6.37. The molecule has 236 valence electrons. The summed E-state index contributed by atoms with van der Waals surface area (Å²) < 4.78 is 62.3. The Morgan fingerprint density at radius 1 is 0.956 bits per heavy atom. The SMILES string of the molecule is Cc1cc(Nc2cc(Nc3ccc(-c4nc(C)sc4C)cc3S(C)(=O)=O)c3nc(C(F)F)n(C4CCCCO4)c3n2)nc(C)n1. The molecule has 5 heterocycles. The highest BCUT2D eigenvalue weighted by Gasteiger charge is 2.29. The molecule has 6 rings (SSSR count). The van der Waals surface area contributed by atoms with E-state index in [2.05, 4.69) is 30.6 Å². The summed E-state index contributed by atoms with van der Waals surface area (Å²) in [5.41, 5.74) is 2.93. The van der Waals surface area contributed by atoms with Crippen molar-refractivity contribution in [3.8, 4) is 11.3 Å². The Morgan fingerprint density at radius 2 is 1.73 bits per heavy atom. The zero-order valence-corrected chi connectivity index (χ0v) is 27.0. The highest BCUT2D eigenvalue weighted by molar-refractivity contribution is 7.90. The second kappa shape index (κ2) is 12.0. The molecule has 1 aliphatic heterocycles. The number of fused-ring (bicyclic) bond motifs is 1. The number of nitrogens with zero attached hydrogens (tertiary/aromatic N) is 6. The number of hydrogen-bond acceptors (Lipinski definition) is 11. The van der Waals surface area contributed by atoms with Crippen LogP contribution < -0.4 is 10.6 Å². The van der Waals surface area contributed by atoms with Gasteiger partial charge in [0.1, 0.15) is 29.2 Å². The van der Waals surface area contributed by atoms with E-state index in [0.29, 0.717) is 35.9 Å². The van der Waals surface area contributed by atoms with Gasteiger partial charge in [-0.2, -0.15) is 0 Å². The highest BCUT2D eigenvalue weighted by atomic mass is 32.2. The molecule has 0 saturated carbocycles. The Hall–Kier alpha value is -4.08. The molecule has 15 heteroatoms. The molecule has 4 aromatic heterocycles. The number of imidazole rings is 1. The first-order valence-electron chi connectivity index (χ1n) is 14.3. The van der Waals surface area contributed by atoms with E-state index in [1.807, 2.05) is 20.8 Å². The van der Waals surface area contributed by atoms with Crippen LogP contribution in [-0.4, -0.2) is 50.8 Å². The van der Waals surface area contributed by atoms with Crippen molar-refractivity contribution in [2.75, 3.05) is 23.5 Å². The van der Waals surface area contributed by atoms with E-state index in [1.165, 1.54) is 15.9 Å². The number of alkyl halides is 2. The Morgan fingerprint density at radius 3 is 2.38 bits per heavy atom. The van der Waals surface area contributed by atoms with Crippen molar-refractivity contribution in [3.05, 3.63) is 57.6 Å². The Kier molecular flexibility index (Phi) is 8.26. The lowest BCUT2D eigenvalue weighted by molar-refractivity contribution is -0.0363. The lowest BCUT2D eigenvalue weighted by Crippen LogP contribution is -2.20. The number of ether oxygens (including phenoxy) is 1. The van der Waals surface area contributed by atoms with Gasteiger partial charge >= 0.3 is 0 Å². The molecule has 11 nitrogen and oxygen atoms in total. The highest BCUT2D eigenvalue weighted by Crippen LogP contribution is 2.39. The molecule has 45 heavy (non-hydrogen) atoms. The number of anilines is 4. The van der Waals surface area contributed by atoms with Crippen molar-refractivity contribution < 1.29 is 21.9 Å². The van der Waals surface area contributed by atoms with E-state index in [9.17, 15) is 17.2 Å². The van der Waals surface area contributed by atoms with Crippen molar-refractivity contribution in [1.29, 1.82) is 0 Å². The largest absolute Gasteiger partial charge is 0.358 e. The summed E-state index contributed by atoms with van der Waals surface area (Å²) >= 11 is 1.53. The van der Waals surface area contributed by atoms with E-state index < -0.39 is 28.3 Å². The minimum Gasteiger partial charge on any atom is -0.358 e. The van der Waals surface area contributed by atoms with Gasteiger partial charge in [0, 0.05) is 41.1 Å². The van der Waals surface area contributed by atoms with Crippen molar-refractivity contribution in [2.45, 2.75) is 64.5 Å². The second-order valence-electron chi connectivity index (χ2n) is 11.0. The maximum Gasteiger partial charge on any atom is 0.295 e. The first-order chi connectivity index (χ1) is 21.4. The fourth-order valence-electron chi connectivity index (χ4n) is 5.54. The van der Waals surface area contributed by atoms with Gasteiger partial charge in [-0.3, -0.25) is 4.57 Å². The lowest BCUT2D eigenvalue weighted by Gasteiger charge is -2.25. The molecule has 1 aliphatic rings. The number of aromatic nitrogens is 6. The third-order valence-corrected chi connectivity index (χ3v) is 9.39. The minimum atomic E-state index is -3.75. The van der Waals surface area contributed by atoms with Crippen LogP contribution in [0.4, 0.5) is 31.8 Å². The zero-order valence-electron chi connectivity index (χ0n) is 25.4. The monoisotopic (exact) mass is 654 g/mol. The Bertz CT molecular complexity index is 2000. The first kappa shape index (κ1) is 30.9. The predicted octanol–water partition coefficient (Wildman–Crippen LogP) is 7.11. The number of sulfone groups is 1. The van der Waals surface area contributed by atoms with Crippen LogP contribution in [0.2, 0.25) is 0 Å². The lowest BCUT2D eigenvalue weighted by atomic mass is 10.1.